The highest BCUT2D eigenvalue weighted by atomic mass is 35.5. The van der Waals surface area contributed by atoms with Gasteiger partial charge < -0.3 is 10.2 Å². The average molecular weight is 345 g/mol. The maximum absolute atomic E-state index is 12.9. The molecule has 0 aliphatic carbocycles. The number of hydrogen-bond donors (Lipinski definition) is 2. The van der Waals surface area contributed by atoms with Crippen LogP contribution in [0.3, 0.4) is 0 Å². The van der Waals surface area contributed by atoms with Crippen molar-refractivity contribution in [1.29, 1.82) is 0 Å². The van der Waals surface area contributed by atoms with Gasteiger partial charge in [-0.1, -0.05) is 17.7 Å². The molecule has 0 radical (unpaired) electrons. The summed E-state index contributed by atoms with van der Waals surface area (Å²) in [6, 6.07) is 6.06. The quantitative estimate of drug-likeness (QED) is 0.829. The number of aromatic amines is 1. The Morgan fingerprint density at radius 3 is 2.87 bits per heavy atom. The van der Waals surface area contributed by atoms with Gasteiger partial charge in [-0.15, -0.1) is 0 Å². The van der Waals surface area contributed by atoms with Crippen LogP contribution in [0, 0.1) is 0 Å². The minimum absolute atomic E-state index is 0.0185. The normalized spacial score (nSPS) is 14.5. The summed E-state index contributed by atoms with van der Waals surface area (Å²) in [5, 5.41) is 8.82. The molecule has 0 unspecified atom stereocenters. The van der Waals surface area contributed by atoms with Crippen LogP contribution in [0.15, 0.2) is 24.3 Å². The highest BCUT2D eigenvalue weighted by Gasteiger charge is 2.39. The first-order valence-electron chi connectivity index (χ1n) is 6.79. The number of alkyl halides is 3. The van der Waals surface area contributed by atoms with E-state index in [1.54, 1.807) is 24.3 Å². The molecule has 3 rings (SSSR count). The summed E-state index contributed by atoms with van der Waals surface area (Å²) in [6.45, 7) is 0.159. The van der Waals surface area contributed by atoms with Crippen LogP contribution in [0.1, 0.15) is 17.0 Å². The summed E-state index contributed by atoms with van der Waals surface area (Å²) in [4.78, 5) is 13.5. The lowest BCUT2D eigenvalue weighted by Crippen LogP contribution is -2.39. The topological polar surface area (TPSA) is 61.0 Å². The number of halogens is 4. The summed E-state index contributed by atoms with van der Waals surface area (Å²) in [6.07, 6.45) is -4.25. The number of hydrogen-bond acceptors (Lipinski definition) is 2. The molecule has 2 aromatic rings. The molecule has 1 aliphatic rings. The van der Waals surface area contributed by atoms with Crippen molar-refractivity contribution in [3.8, 4) is 0 Å². The number of benzene rings is 1. The van der Waals surface area contributed by atoms with Crippen LogP contribution in [-0.4, -0.2) is 27.7 Å². The first kappa shape index (κ1) is 15.7. The number of carbonyl (C=O) groups is 1. The van der Waals surface area contributed by atoms with Crippen LogP contribution in [0.5, 0.6) is 0 Å². The number of fused-ring (bicyclic) bond motifs is 1. The largest absolute Gasteiger partial charge is 0.435 e. The molecule has 23 heavy (non-hydrogen) atoms. The molecule has 0 saturated heterocycles. The van der Waals surface area contributed by atoms with Gasteiger partial charge in [-0.05, 0) is 18.2 Å². The molecule has 1 aromatic heterocycles. The van der Waals surface area contributed by atoms with Gasteiger partial charge in [-0.2, -0.15) is 18.3 Å². The number of rotatable bonds is 1. The standard InChI is InChI=1S/C14H12ClF3N4O/c15-8-2-1-3-9(6-8)19-13(23)22-5-4-11-10(7-22)12(21-20-11)14(16,17)18/h1-3,6H,4-5,7H2,(H,19,23)(H,20,21). The zero-order valence-corrected chi connectivity index (χ0v) is 12.5. The summed E-state index contributed by atoms with van der Waals surface area (Å²) < 4.78 is 38.7. The highest BCUT2D eigenvalue weighted by molar-refractivity contribution is 6.30. The Balaban J connectivity index is 1.76. The summed E-state index contributed by atoms with van der Waals surface area (Å²) in [7, 11) is 0. The van der Waals surface area contributed by atoms with Crippen molar-refractivity contribution >= 4 is 23.3 Å². The van der Waals surface area contributed by atoms with E-state index in [0.717, 1.165) is 0 Å². The van der Waals surface area contributed by atoms with E-state index in [9.17, 15) is 18.0 Å². The Morgan fingerprint density at radius 2 is 2.17 bits per heavy atom. The number of H-pyrrole nitrogens is 1. The number of nitrogens with one attached hydrogen (secondary N) is 2. The Hall–Kier alpha value is -2.22. The Bertz CT molecular complexity index is 744. The fourth-order valence-electron chi connectivity index (χ4n) is 2.47. The van der Waals surface area contributed by atoms with Gasteiger partial charge in [-0.3, -0.25) is 5.10 Å². The number of amides is 2. The number of carbonyl (C=O) groups excluding carboxylic acids is 1. The van der Waals surface area contributed by atoms with Crippen LogP contribution in [0.2, 0.25) is 5.02 Å². The molecule has 122 valence electrons. The smallest absolute Gasteiger partial charge is 0.320 e. The molecule has 9 heteroatoms. The lowest BCUT2D eigenvalue weighted by molar-refractivity contribution is -0.142. The molecule has 1 aromatic carbocycles. The van der Waals surface area contributed by atoms with Crippen molar-refractivity contribution in [3.05, 3.63) is 46.2 Å². The van der Waals surface area contributed by atoms with Crippen molar-refractivity contribution in [3.63, 3.8) is 0 Å². The van der Waals surface area contributed by atoms with Crippen molar-refractivity contribution in [2.45, 2.75) is 19.1 Å². The van der Waals surface area contributed by atoms with Crippen LogP contribution in [0.4, 0.5) is 23.7 Å². The van der Waals surface area contributed by atoms with Crippen LogP contribution in [0.25, 0.3) is 0 Å². The van der Waals surface area contributed by atoms with Crippen molar-refractivity contribution in [1.82, 2.24) is 15.1 Å². The molecule has 2 amide bonds. The minimum atomic E-state index is -4.55. The van der Waals surface area contributed by atoms with Crippen molar-refractivity contribution in [2.24, 2.45) is 0 Å². The fraction of sp³-hybridized carbons (Fsp3) is 0.286. The van der Waals surface area contributed by atoms with Gasteiger partial charge in [-0.25, -0.2) is 4.79 Å². The molecule has 1 aliphatic heterocycles. The molecule has 0 fully saturated rings. The molecular weight excluding hydrogens is 333 g/mol. The van der Waals surface area contributed by atoms with Gasteiger partial charge in [0.2, 0.25) is 0 Å². The second-order valence-electron chi connectivity index (χ2n) is 5.14. The summed E-state index contributed by atoms with van der Waals surface area (Å²) >= 11 is 5.84. The van der Waals surface area contributed by atoms with Gasteiger partial charge in [0.25, 0.3) is 0 Å². The van der Waals surface area contributed by atoms with Gasteiger partial charge in [0, 0.05) is 34.9 Å². The monoisotopic (exact) mass is 344 g/mol. The minimum Gasteiger partial charge on any atom is -0.320 e. The van der Waals surface area contributed by atoms with E-state index in [4.69, 9.17) is 11.6 Å². The van der Waals surface area contributed by atoms with E-state index in [2.05, 4.69) is 15.5 Å². The maximum Gasteiger partial charge on any atom is 0.435 e. The molecule has 2 N–H and O–H groups in total. The van der Waals surface area contributed by atoms with E-state index < -0.39 is 17.9 Å². The predicted molar refractivity (Wildman–Crippen MR) is 78.2 cm³/mol. The Kier molecular flexibility index (Phi) is 3.93. The lowest BCUT2D eigenvalue weighted by atomic mass is 10.1. The van der Waals surface area contributed by atoms with Gasteiger partial charge >= 0.3 is 12.2 Å². The maximum atomic E-state index is 12.9. The van der Waals surface area contributed by atoms with E-state index in [-0.39, 0.29) is 12.1 Å². The van der Waals surface area contributed by atoms with E-state index in [1.165, 1.54) is 4.90 Å². The summed E-state index contributed by atoms with van der Waals surface area (Å²) in [5.74, 6) is 0. The first-order chi connectivity index (χ1) is 10.8. The van der Waals surface area contributed by atoms with Gasteiger partial charge in [0.05, 0.1) is 6.54 Å². The van der Waals surface area contributed by atoms with Crippen LogP contribution in [-0.2, 0) is 19.1 Å². The van der Waals surface area contributed by atoms with Crippen molar-refractivity contribution in [2.75, 3.05) is 11.9 Å². The number of nitrogens with zero attached hydrogens (tertiary/aromatic N) is 2. The lowest BCUT2D eigenvalue weighted by Gasteiger charge is -2.27. The predicted octanol–water partition coefficient (Wildman–Crippen LogP) is 3.67. The molecular formula is C14H12ClF3N4O. The third kappa shape index (κ3) is 3.26. The number of anilines is 1. The SMILES string of the molecule is O=C(Nc1cccc(Cl)c1)N1CCc2[nH]nc(C(F)(F)F)c2C1. The van der Waals surface area contributed by atoms with Crippen LogP contribution < -0.4 is 5.32 Å². The van der Waals surface area contributed by atoms with Gasteiger partial charge in [0.1, 0.15) is 0 Å². The molecule has 0 atom stereocenters. The third-order valence-corrected chi connectivity index (χ3v) is 3.80. The first-order valence-corrected chi connectivity index (χ1v) is 7.17. The molecule has 0 spiro atoms. The zero-order valence-electron chi connectivity index (χ0n) is 11.7. The second kappa shape index (κ2) is 5.77. The zero-order chi connectivity index (χ0) is 16.6. The Morgan fingerprint density at radius 1 is 1.39 bits per heavy atom. The van der Waals surface area contributed by atoms with Crippen LogP contribution >= 0.6 is 11.6 Å². The van der Waals surface area contributed by atoms with E-state index in [0.29, 0.717) is 29.4 Å². The molecule has 5 nitrogen and oxygen atoms in total. The van der Waals surface area contributed by atoms with Gasteiger partial charge in [0.15, 0.2) is 5.69 Å². The average Bonchev–Trinajstić information content (AvgIpc) is 2.90. The third-order valence-electron chi connectivity index (χ3n) is 3.57. The highest BCUT2D eigenvalue weighted by Crippen LogP contribution is 2.34. The number of aromatic nitrogens is 2. The molecule has 2 heterocycles. The Labute approximate surface area is 134 Å². The number of urea groups is 1. The fourth-order valence-corrected chi connectivity index (χ4v) is 2.66. The molecule has 0 bridgehead atoms. The van der Waals surface area contributed by atoms with Crippen molar-refractivity contribution < 1.29 is 18.0 Å². The van der Waals surface area contributed by atoms with E-state index in [1.807, 2.05) is 0 Å². The molecule has 0 saturated carbocycles. The van der Waals surface area contributed by atoms with E-state index >= 15 is 0 Å². The second-order valence-corrected chi connectivity index (χ2v) is 5.58. The summed E-state index contributed by atoms with van der Waals surface area (Å²) in [5.41, 5.74) is -0.0431.